The van der Waals surface area contributed by atoms with Gasteiger partial charge in [0.15, 0.2) is 11.6 Å². The maximum Gasteiger partial charge on any atom is 0.269 e. The van der Waals surface area contributed by atoms with E-state index in [1.54, 1.807) is 54.6 Å². The van der Waals surface area contributed by atoms with Crippen molar-refractivity contribution in [2.45, 2.75) is 0 Å². The Morgan fingerprint density at radius 3 is 1.89 bits per heavy atom. The Bertz CT molecular complexity index is 1790. The molecule has 182 valence electrons. The van der Waals surface area contributed by atoms with Crippen LogP contribution in [0.2, 0.25) is 0 Å². The molecule has 0 atom stereocenters. The number of ketones is 2. The molecular weight excluding hydrogens is 482 g/mol. The first kappa shape index (κ1) is 22.9. The van der Waals surface area contributed by atoms with Crippen molar-refractivity contribution in [1.29, 1.82) is 0 Å². The number of nitro groups is 1. The summed E-state index contributed by atoms with van der Waals surface area (Å²) in [5.41, 5.74) is 2.29. The third kappa shape index (κ3) is 4.00. The molecule has 0 aliphatic heterocycles. The zero-order valence-electron chi connectivity index (χ0n) is 19.7. The summed E-state index contributed by atoms with van der Waals surface area (Å²) >= 11 is 0. The minimum absolute atomic E-state index is 0.0234. The molecule has 0 unspecified atom stereocenters. The van der Waals surface area contributed by atoms with Crippen molar-refractivity contribution < 1.29 is 19.2 Å². The van der Waals surface area contributed by atoms with Crippen LogP contribution in [0.15, 0.2) is 113 Å². The second kappa shape index (κ2) is 9.18. The fourth-order valence-electron chi connectivity index (χ4n) is 4.44. The van der Waals surface area contributed by atoms with Crippen molar-refractivity contribution in [3.8, 4) is 11.5 Å². The van der Waals surface area contributed by atoms with Crippen molar-refractivity contribution in [1.82, 2.24) is 0 Å². The predicted octanol–water partition coefficient (Wildman–Crippen LogP) is 7.73. The van der Waals surface area contributed by atoms with E-state index >= 15 is 0 Å². The first-order chi connectivity index (χ1) is 18.5. The molecule has 0 saturated heterocycles. The van der Waals surface area contributed by atoms with Crippen LogP contribution in [0.5, 0.6) is 11.5 Å². The highest BCUT2D eigenvalue weighted by Gasteiger charge is 2.33. The topological polar surface area (TPSA) is 111 Å². The van der Waals surface area contributed by atoms with E-state index in [0.717, 1.165) is 5.39 Å². The lowest BCUT2D eigenvalue weighted by Gasteiger charge is -2.22. The van der Waals surface area contributed by atoms with E-state index < -0.39 is 4.92 Å². The standard InChI is InChI=1S/C30H17N3O5/c34-28-24-7-3-4-8-25(24)29(35)27-26(28)17-18-5-1-2-6-23(18)30(27)38-22-15-11-20(12-16-22)32-31-19-9-13-21(14-10-19)33(36)37/h1-17H. The highest BCUT2D eigenvalue weighted by Crippen LogP contribution is 2.41. The Hall–Kier alpha value is -5.50. The molecule has 0 fully saturated rings. The summed E-state index contributed by atoms with van der Waals surface area (Å²) in [6.45, 7) is 0. The quantitative estimate of drug-likeness (QED) is 0.137. The van der Waals surface area contributed by atoms with Gasteiger partial charge in [0.2, 0.25) is 0 Å². The monoisotopic (exact) mass is 499 g/mol. The summed E-state index contributed by atoms with van der Waals surface area (Å²) in [4.78, 5) is 37.2. The van der Waals surface area contributed by atoms with Crippen molar-refractivity contribution in [3.63, 3.8) is 0 Å². The maximum absolute atomic E-state index is 13.5. The van der Waals surface area contributed by atoms with Gasteiger partial charge in [0.1, 0.15) is 11.5 Å². The molecule has 5 aromatic rings. The number of rotatable bonds is 5. The van der Waals surface area contributed by atoms with Crippen LogP contribution < -0.4 is 4.74 Å². The van der Waals surface area contributed by atoms with Crippen LogP contribution in [0, 0.1) is 10.1 Å². The fraction of sp³-hybridized carbons (Fsp3) is 0. The van der Waals surface area contributed by atoms with Crippen LogP contribution in [-0.4, -0.2) is 16.5 Å². The van der Waals surface area contributed by atoms with Gasteiger partial charge in [0.05, 0.1) is 21.9 Å². The molecule has 0 radical (unpaired) electrons. The Balaban J connectivity index is 1.34. The van der Waals surface area contributed by atoms with Crippen LogP contribution in [-0.2, 0) is 0 Å². The van der Waals surface area contributed by atoms with Crippen LogP contribution in [0.25, 0.3) is 10.8 Å². The van der Waals surface area contributed by atoms with Gasteiger partial charge in [-0.05, 0) is 47.9 Å². The molecule has 5 aromatic carbocycles. The average molecular weight is 499 g/mol. The summed E-state index contributed by atoms with van der Waals surface area (Å²) in [5, 5.41) is 20.6. The van der Waals surface area contributed by atoms with E-state index in [4.69, 9.17) is 4.74 Å². The Labute approximate surface area is 216 Å². The van der Waals surface area contributed by atoms with Crippen LogP contribution in [0.1, 0.15) is 31.8 Å². The van der Waals surface area contributed by atoms with Crippen molar-refractivity contribution >= 4 is 39.4 Å². The number of non-ortho nitro benzene ring substituents is 1. The molecular formula is C30H17N3O5. The number of nitrogens with zero attached hydrogens (tertiary/aromatic N) is 3. The molecule has 8 nitrogen and oxygen atoms in total. The minimum atomic E-state index is -0.477. The molecule has 6 rings (SSSR count). The molecule has 0 spiro atoms. The second-order valence-corrected chi connectivity index (χ2v) is 8.62. The zero-order chi connectivity index (χ0) is 26.2. The van der Waals surface area contributed by atoms with Gasteiger partial charge in [0, 0.05) is 34.2 Å². The summed E-state index contributed by atoms with van der Waals surface area (Å²) in [6, 6.07) is 28.5. The number of hydrogen-bond acceptors (Lipinski definition) is 7. The van der Waals surface area contributed by atoms with Crippen LogP contribution >= 0.6 is 0 Å². The molecule has 0 aromatic heterocycles. The van der Waals surface area contributed by atoms with Crippen LogP contribution in [0.3, 0.4) is 0 Å². The number of benzene rings is 5. The Kier molecular flexibility index (Phi) is 5.54. The molecule has 8 heteroatoms. The smallest absolute Gasteiger partial charge is 0.269 e. The lowest BCUT2D eigenvalue weighted by Crippen LogP contribution is -2.21. The fourth-order valence-corrected chi connectivity index (χ4v) is 4.44. The van der Waals surface area contributed by atoms with Gasteiger partial charge in [-0.25, -0.2) is 0 Å². The third-order valence-electron chi connectivity index (χ3n) is 6.29. The normalized spacial score (nSPS) is 12.4. The number of carbonyl (C=O) groups is 2. The molecule has 0 heterocycles. The molecule has 0 saturated carbocycles. The highest BCUT2D eigenvalue weighted by molar-refractivity contribution is 6.31. The van der Waals surface area contributed by atoms with Gasteiger partial charge < -0.3 is 4.74 Å². The number of azo groups is 1. The van der Waals surface area contributed by atoms with Crippen molar-refractivity contribution in [2.75, 3.05) is 0 Å². The van der Waals surface area contributed by atoms with Gasteiger partial charge in [-0.1, -0.05) is 48.5 Å². The maximum atomic E-state index is 13.5. The Morgan fingerprint density at radius 2 is 1.24 bits per heavy atom. The summed E-state index contributed by atoms with van der Waals surface area (Å²) < 4.78 is 6.27. The van der Waals surface area contributed by atoms with Gasteiger partial charge in [0.25, 0.3) is 5.69 Å². The first-order valence-electron chi connectivity index (χ1n) is 11.7. The number of hydrogen-bond donors (Lipinski definition) is 0. The van der Waals surface area contributed by atoms with E-state index in [1.807, 2.05) is 24.3 Å². The summed E-state index contributed by atoms with van der Waals surface area (Å²) in [5.74, 6) is 0.306. The van der Waals surface area contributed by atoms with Gasteiger partial charge in [-0.15, -0.1) is 0 Å². The molecule has 1 aliphatic rings. The van der Waals surface area contributed by atoms with E-state index in [1.165, 1.54) is 24.3 Å². The second-order valence-electron chi connectivity index (χ2n) is 8.62. The zero-order valence-corrected chi connectivity index (χ0v) is 19.7. The molecule has 0 amide bonds. The lowest BCUT2D eigenvalue weighted by atomic mass is 9.82. The predicted molar refractivity (Wildman–Crippen MR) is 141 cm³/mol. The molecule has 38 heavy (non-hydrogen) atoms. The van der Waals surface area contributed by atoms with E-state index in [9.17, 15) is 19.7 Å². The van der Waals surface area contributed by atoms with Gasteiger partial charge in [-0.3, -0.25) is 19.7 Å². The molecule has 0 bridgehead atoms. The van der Waals surface area contributed by atoms with Crippen molar-refractivity contribution in [2.24, 2.45) is 10.2 Å². The van der Waals surface area contributed by atoms with Crippen LogP contribution in [0.4, 0.5) is 17.1 Å². The highest BCUT2D eigenvalue weighted by atomic mass is 16.6. The third-order valence-corrected chi connectivity index (χ3v) is 6.29. The number of ether oxygens (including phenoxy) is 1. The molecule has 1 aliphatic carbocycles. The lowest BCUT2D eigenvalue weighted by molar-refractivity contribution is -0.384. The van der Waals surface area contributed by atoms with Gasteiger partial charge >= 0.3 is 0 Å². The minimum Gasteiger partial charge on any atom is -0.456 e. The first-order valence-corrected chi connectivity index (χ1v) is 11.7. The number of nitro benzene ring substituents is 1. The number of fused-ring (bicyclic) bond motifs is 3. The largest absolute Gasteiger partial charge is 0.456 e. The average Bonchev–Trinajstić information content (AvgIpc) is 2.95. The Morgan fingerprint density at radius 1 is 0.658 bits per heavy atom. The summed E-state index contributed by atoms with van der Waals surface area (Å²) in [7, 11) is 0. The van der Waals surface area contributed by atoms with E-state index in [0.29, 0.717) is 45.0 Å². The van der Waals surface area contributed by atoms with E-state index in [-0.39, 0.29) is 22.8 Å². The molecule has 0 N–H and O–H groups in total. The summed E-state index contributed by atoms with van der Waals surface area (Å²) in [6.07, 6.45) is 0. The number of carbonyl (C=O) groups excluding carboxylic acids is 2. The SMILES string of the molecule is O=C1c2ccccc2C(=O)c2c1cc1ccccc1c2Oc1ccc(N=Nc2ccc([N+](=O)[O-])cc2)cc1. The van der Waals surface area contributed by atoms with E-state index in [2.05, 4.69) is 10.2 Å². The van der Waals surface area contributed by atoms with Gasteiger partial charge in [-0.2, -0.15) is 10.2 Å². The van der Waals surface area contributed by atoms with Crippen molar-refractivity contribution in [3.05, 3.63) is 135 Å².